The van der Waals surface area contributed by atoms with Crippen LogP contribution in [-0.4, -0.2) is 38.9 Å². The molecule has 1 aliphatic rings. The first-order chi connectivity index (χ1) is 12.4. The Hall–Kier alpha value is -3.23. The maximum Gasteiger partial charge on any atom is 0.254 e. The predicted molar refractivity (Wildman–Crippen MR) is 94.5 cm³/mol. The molecule has 0 saturated carbocycles. The number of H-pyrrole nitrogens is 1. The normalized spacial score (nSPS) is 16.5. The summed E-state index contributed by atoms with van der Waals surface area (Å²) < 4.78 is 0. The van der Waals surface area contributed by atoms with Crippen LogP contribution in [-0.2, 0) is 16.0 Å². The van der Waals surface area contributed by atoms with Crippen LogP contribution in [0, 0.1) is 5.92 Å². The van der Waals surface area contributed by atoms with Crippen LogP contribution in [0.3, 0.4) is 0 Å². The average molecular weight is 356 g/mol. The molecule has 0 fully saturated rings. The number of rotatable bonds is 5. The van der Waals surface area contributed by atoms with Gasteiger partial charge in [0.1, 0.15) is 11.9 Å². The summed E-state index contributed by atoms with van der Waals surface area (Å²) >= 11 is 0. The monoisotopic (exact) mass is 356 g/mol. The highest BCUT2D eigenvalue weighted by molar-refractivity contribution is 6.11. The first-order valence-corrected chi connectivity index (χ1v) is 8.34. The molecule has 0 radical (unpaired) electrons. The van der Waals surface area contributed by atoms with Gasteiger partial charge in [0.15, 0.2) is 0 Å². The molecule has 1 unspecified atom stereocenters. The highest BCUT2D eigenvalue weighted by atomic mass is 16.2. The first-order valence-electron chi connectivity index (χ1n) is 8.34. The van der Waals surface area contributed by atoms with Gasteiger partial charge in [0.05, 0.1) is 17.7 Å². The lowest BCUT2D eigenvalue weighted by Crippen LogP contribution is -2.43. The number of carbonyl (C=O) groups excluding carboxylic acids is 3. The van der Waals surface area contributed by atoms with Crippen molar-refractivity contribution in [1.82, 2.24) is 20.5 Å². The summed E-state index contributed by atoms with van der Waals surface area (Å²) in [5, 5.41) is 14.5. The molecular formula is C17H20N6O3. The highest BCUT2D eigenvalue weighted by Crippen LogP contribution is 2.19. The number of hydrogen-bond donors (Lipinski definition) is 4. The van der Waals surface area contributed by atoms with Gasteiger partial charge in [-0.1, -0.05) is 26.0 Å². The average Bonchev–Trinajstić information content (AvgIpc) is 2.95. The molecule has 0 bridgehead atoms. The zero-order valence-electron chi connectivity index (χ0n) is 14.5. The quantitative estimate of drug-likeness (QED) is 0.637. The van der Waals surface area contributed by atoms with E-state index < -0.39 is 23.8 Å². The summed E-state index contributed by atoms with van der Waals surface area (Å²) in [5.41, 5.74) is 0.779. The standard InChI is InChI=1S/C17H20N6O3/c1-9(2)7-13-20-17(23-22-13)21-14(24)8-12-16(26)18-11-6-4-3-5-10(11)15(25)19-12/h3-6,9,12H,7-8H2,1-2H3,(H,18,26)(H,19,25)(H2,20,21,22,23,24). The summed E-state index contributed by atoms with van der Waals surface area (Å²) in [5.74, 6) is -0.104. The second kappa shape index (κ2) is 7.34. The van der Waals surface area contributed by atoms with E-state index in [1.165, 1.54) is 0 Å². The fraction of sp³-hybridized carbons (Fsp3) is 0.353. The van der Waals surface area contributed by atoms with E-state index in [0.29, 0.717) is 29.4 Å². The van der Waals surface area contributed by atoms with Crippen LogP contribution in [0.5, 0.6) is 0 Å². The smallest absolute Gasteiger partial charge is 0.254 e. The Kier molecular flexibility index (Phi) is 4.97. The molecule has 26 heavy (non-hydrogen) atoms. The van der Waals surface area contributed by atoms with E-state index in [0.717, 1.165) is 0 Å². The minimum atomic E-state index is -0.982. The maximum atomic E-state index is 12.3. The lowest BCUT2D eigenvalue weighted by Gasteiger charge is -2.13. The molecule has 0 aliphatic carbocycles. The van der Waals surface area contributed by atoms with Crippen molar-refractivity contribution in [2.45, 2.75) is 32.7 Å². The van der Waals surface area contributed by atoms with Crippen LogP contribution in [0.1, 0.15) is 36.5 Å². The lowest BCUT2D eigenvalue weighted by molar-refractivity contribution is -0.122. The molecule has 3 amide bonds. The lowest BCUT2D eigenvalue weighted by atomic mass is 10.1. The highest BCUT2D eigenvalue weighted by Gasteiger charge is 2.29. The van der Waals surface area contributed by atoms with Gasteiger partial charge in [-0.15, -0.1) is 5.10 Å². The largest absolute Gasteiger partial charge is 0.340 e. The van der Waals surface area contributed by atoms with Gasteiger partial charge < -0.3 is 10.6 Å². The zero-order chi connectivity index (χ0) is 18.7. The van der Waals surface area contributed by atoms with E-state index in [2.05, 4.69) is 31.1 Å². The molecule has 1 aliphatic heterocycles. The molecule has 1 aromatic heterocycles. The van der Waals surface area contributed by atoms with Crippen LogP contribution < -0.4 is 16.0 Å². The van der Waals surface area contributed by atoms with Crippen molar-refractivity contribution >= 4 is 29.4 Å². The van der Waals surface area contributed by atoms with Crippen LogP contribution in [0.15, 0.2) is 24.3 Å². The number of aromatic nitrogens is 3. The van der Waals surface area contributed by atoms with Gasteiger partial charge in [0, 0.05) is 6.42 Å². The van der Waals surface area contributed by atoms with Gasteiger partial charge >= 0.3 is 0 Å². The van der Waals surface area contributed by atoms with E-state index in [1.54, 1.807) is 24.3 Å². The minimum absolute atomic E-state index is 0.147. The summed E-state index contributed by atoms with van der Waals surface area (Å²) in [6.07, 6.45) is 0.488. The minimum Gasteiger partial charge on any atom is -0.340 e. The number of nitrogens with one attached hydrogen (secondary N) is 4. The molecule has 0 saturated heterocycles. The summed E-state index contributed by atoms with van der Waals surface area (Å²) in [6, 6.07) is 5.69. The molecule has 2 heterocycles. The van der Waals surface area contributed by atoms with Crippen molar-refractivity contribution in [2.75, 3.05) is 10.6 Å². The summed E-state index contributed by atoms with van der Waals surface area (Å²) in [4.78, 5) is 40.9. The van der Waals surface area contributed by atoms with Crippen molar-refractivity contribution in [2.24, 2.45) is 5.92 Å². The van der Waals surface area contributed by atoms with E-state index in [4.69, 9.17) is 0 Å². The third-order valence-corrected chi connectivity index (χ3v) is 3.83. The van der Waals surface area contributed by atoms with Crippen LogP contribution >= 0.6 is 0 Å². The Balaban J connectivity index is 1.63. The molecule has 2 aromatic rings. The number of benzene rings is 1. The molecule has 3 rings (SSSR count). The van der Waals surface area contributed by atoms with Crippen LogP contribution in [0.4, 0.5) is 11.6 Å². The molecule has 9 heteroatoms. The zero-order valence-corrected chi connectivity index (χ0v) is 14.5. The van der Waals surface area contributed by atoms with Crippen molar-refractivity contribution in [3.05, 3.63) is 35.7 Å². The molecule has 1 atom stereocenters. The van der Waals surface area contributed by atoms with Gasteiger partial charge in [-0.3, -0.25) is 24.8 Å². The number of nitrogens with zero attached hydrogens (tertiary/aromatic N) is 2. The number of anilines is 2. The molecule has 0 spiro atoms. The Morgan fingerprint density at radius 3 is 2.81 bits per heavy atom. The fourth-order valence-corrected chi connectivity index (χ4v) is 2.65. The molecular weight excluding hydrogens is 336 g/mol. The molecule has 4 N–H and O–H groups in total. The number of amides is 3. The van der Waals surface area contributed by atoms with E-state index in [-0.39, 0.29) is 12.4 Å². The van der Waals surface area contributed by atoms with Crippen LogP contribution in [0.25, 0.3) is 0 Å². The number of para-hydroxylation sites is 1. The third kappa shape index (κ3) is 4.05. The number of hydrogen-bond acceptors (Lipinski definition) is 5. The second-order valence-electron chi connectivity index (χ2n) is 6.52. The van der Waals surface area contributed by atoms with Crippen molar-refractivity contribution in [1.29, 1.82) is 0 Å². The Bertz CT molecular complexity index is 845. The van der Waals surface area contributed by atoms with Crippen molar-refractivity contribution < 1.29 is 14.4 Å². The van der Waals surface area contributed by atoms with Gasteiger partial charge in [-0.2, -0.15) is 4.98 Å². The Morgan fingerprint density at radius 1 is 1.27 bits per heavy atom. The maximum absolute atomic E-state index is 12.3. The fourth-order valence-electron chi connectivity index (χ4n) is 2.65. The van der Waals surface area contributed by atoms with Gasteiger partial charge in [-0.05, 0) is 18.1 Å². The van der Waals surface area contributed by atoms with Crippen molar-refractivity contribution in [3.63, 3.8) is 0 Å². The van der Waals surface area contributed by atoms with E-state index >= 15 is 0 Å². The number of aromatic amines is 1. The molecule has 1 aromatic carbocycles. The van der Waals surface area contributed by atoms with E-state index in [9.17, 15) is 14.4 Å². The first kappa shape index (κ1) is 17.6. The third-order valence-electron chi connectivity index (χ3n) is 3.83. The van der Waals surface area contributed by atoms with Gasteiger partial charge in [0.25, 0.3) is 5.91 Å². The summed E-state index contributed by atoms with van der Waals surface area (Å²) in [6.45, 7) is 4.10. The Morgan fingerprint density at radius 2 is 2.04 bits per heavy atom. The second-order valence-corrected chi connectivity index (χ2v) is 6.52. The number of fused-ring (bicyclic) bond motifs is 1. The van der Waals surface area contributed by atoms with Crippen molar-refractivity contribution in [3.8, 4) is 0 Å². The van der Waals surface area contributed by atoms with Gasteiger partial charge in [0.2, 0.25) is 17.8 Å². The predicted octanol–water partition coefficient (Wildman–Crippen LogP) is 1.08. The SMILES string of the molecule is CC(C)Cc1nc(NC(=O)CC2NC(=O)c3ccccc3NC2=O)n[nH]1. The Labute approximate surface area is 150 Å². The van der Waals surface area contributed by atoms with Crippen LogP contribution in [0.2, 0.25) is 0 Å². The number of carbonyl (C=O) groups is 3. The molecule has 9 nitrogen and oxygen atoms in total. The summed E-state index contributed by atoms with van der Waals surface area (Å²) in [7, 11) is 0. The van der Waals surface area contributed by atoms with Gasteiger partial charge in [-0.25, -0.2) is 0 Å². The molecule has 136 valence electrons. The van der Waals surface area contributed by atoms with E-state index in [1.807, 2.05) is 13.8 Å². The topological polar surface area (TPSA) is 129 Å².